The first kappa shape index (κ1) is 22.7. The summed E-state index contributed by atoms with van der Waals surface area (Å²) in [6, 6.07) is 21.4. The molecule has 0 unspecified atom stereocenters. The first-order chi connectivity index (χ1) is 16.5. The highest BCUT2D eigenvalue weighted by Crippen LogP contribution is 2.38. The number of nitrogens with zero attached hydrogens (tertiary/aromatic N) is 5. The second-order valence-electron chi connectivity index (χ2n) is 7.38. The van der Waals surface area contributed by atoms with Gasteiger partial charge in [0.15, 0.2) is 5.78 Å². The van der Waals surface area contributed by atoms with E-state index in [-0.39, 0.29) is 17.0 Å². The molecule has 2 heterocycles. The molecule has 0 N–H and O–H groups in total. The van der Waals surface area contributed by atoms with Gasteiger partial charge in [0, 0.05) is 17.9 Å². The molecule has 0 radical (unpaired) electrons. The summed E-state index contributed by atoms with van der Waals surface area (Å²) in [5, 5.41) is 24.9. The molecule has 0 aliphatic rings. The SMILES string of the molecule is CCn1nc(-c2cccs2)c(C(C)=O)c(N(c2ccc(C#N)cc2)c2ccc(C#N)cc2)c1=O. The van der Waals surface area contributed by atoms with Crippen LogP contribution in [0.25, 0.3) is 10.6 Å². The van der Waals surface area contributed by atoms with Crippen molar-refractivity contribution in [2.75, 3.05) is 4.90 Å². The average molecular weight is 466 g/mol. The van der Waals surface area contributed by atoms with Gasteiger partial charge in [-0.1, -0.05) is 6.07 Å². The maximum atomic E-state index is 13.7. The molecule has 34 heavy (non-hydrogen) atoms. The Morgan fingerprint density at radius 3 is 1.97 bits per heavy atom. The number of carbonyl (C=O) groups is 1. The fourth-order valence-electron chi connectivity index (χ4n) is 3.68. The highest BCUT2D eigenvalue weighted by Gasteiger charge is 2.28. The number of anilines is 3. The highest BCUT2D eigenvalue weighted by molar-refractivity contribution is 7.13. The van der Waals surface area contributed by atoms with E-state index >= 15 is 0 Å². The third-order valence-electron chi connectivity index (χ3n) is 5.27. The van der Waals surface area contributed by atoms with Crippen molar-refractivity contribution in [3.05, 3.63) is 93.1 Å². The Labute approximate surface area is 200 Å². The number of hydrogen-bond acceptors (Lipinski definition) is 7. The summed E-state index contributed by atoms with van der Waals surface area (Å²) in [7, 11) is 0. The standard InChI is InChI=1S/C26H19N5O2S/c1-3-30-26(33)25(23(17(2)32)24(29-30)22-5-4-14-34-22)31(20-10-6-18(15-27)7-11-20)21-12-8-19(16-28)9-13-21/h4-14H,3H2,1-2H3. The second kappa shape index (κ2) is 9.53. The summed E-state index contributed by atoms with van der Waals surface area (Å²) >= 11 is 1.43. The molecule has 0 fully saturated rings. The van der Waals surface area contributed by atoms with Gasteiger partial charge in [0.2, 0.25) is 0 Å². The van der Waals surface area contributed by atoms with Crippen molar-refractivity contribution in [3.8, 4) is 22.7 Å². The maximum absolute atomic E-state index is 13.7. The van der Waals surface area contributed by atoms with Crippen LogP contribution < -0.4 is 10.5 Å². The number of hydrogen-bond donors (Lipinski definition) is 0. The fraction of sp³-hybridized carbons (Fsp3) is 0.115. The Morgan fingerprint density at radius 1 is 1.00 bits per heavy atom. The number of rotatable bonds is 6. The van der Waals surface area contributed by atoms with Crippen molar-refractivity contribution in [2.24, 2.45) is 0 Å². The van der Waals surface area contributed by atoms with Crippen LogP contribution >= 0.6 is 11.3 Å². The molecule has 4 rings (SSSR count). The van der Waals surface area contributed by atoms with Crippen molar-refractivity contribution >= 4 is 34.2 Å². The first-order valence-corrected chi connectivity index (χ1v) is 11.4. The van der Waals surface area contributed by atoms with Crippen molar-refractivity contribution in [3.63, 3.8) is 0 Å². The number of thiophene rings is 1. The van der Waals surface area contributed by atoms with Gasteiger partial charge in [-0.25, -0.2) is 4.68 Å². The molecular formula is C26H19N5O2S. The van der Waals surface area contributed by atoms with E-state index in [4.69, 9.17) is 0 Å². The largest absolute Gasteiger partial charge is 0.305 e. The van der Waals surface area contributed by atoms with Crippen LogP contribution in [0.3, 0.4) is 0 Å². The van der Waals surface area contributed by atoms with Gasteiger partial charge in [-0.2, -0.15) is 15.6 Å². The Hall–Kier alpha value is -4.53. The maximum Gasteiger partial charge on any atom is 0.291 e. The number of Topliss-reactive ketones (excluding diaryl/α,β-unsaturated/α-hetero) is 1. The molecule has 7 nitrogen and oxygen atoms in total. The zero-order valence-corrected chi connectivity index (χ0v) is 19.3. The van der Waals surface area contributed by atoms with Gasteiger partial charge in [0.05, 0.1) is 33.7 Å². The fourth-order valence-corrected chi connectivity index (χ4v) is 4.39. The number of ketones is 1. The molecule has 0 aliphatic carbocycles. The van der Waals surface area contributed by atoms with Gasteiger partial charge in [0.1, 0.15) is 11.4 Å². The quantitative estimate of drug-likeness (QED) is 0.353. The van der Waals surface area contributed by atoms with E-state index in [0.29, 0.717) is 34.7 Å². The van der Waals surface area contributed by atoms with Crippen molar-refractivity contribution in [2.45, 2.75) is 20.4 Å². The molecule has 0 atom stereocenters. The Bertz CT molecular complexity index is 1430. The van der Waals surface area contributed by atoms with E-state index in [2.05, 4.69) is 17.2 Å². The lowest BCUT2D eigenvalue weighted by atomic mass is 10.0. The van der Waals surface area contributed by atoms with Crippen molar-refractivity contribution < 1.29 is 4.79 Å². The van der Waals surface area contributed by atoms with Crippen LogP contribution in [0.15, 0.2) is 70.8 Å². The van der Waals surface area contributed by atoms with Gasteiger partial charge in [-0.15, -0.1) is 11.3 Å². The van der Waals surface area contributed by atoms with Crippen LogP contribution in [0.4, 0.5) is 17.1 Å². The molecular weight excluding hydrogens is 446 g/mol. The van der Waals surface area contributed by atoms with Crippen LogP contribution in [0.2, 0.25) is 0 Å². The summed E-state index contributed by atoms with van der Waals surface area (Å²) in [5.74, 6) is -0.293. The van der Waals surface area contributed by atoms with E-state index in [1.807, 2.05) is 24.4 Å². The van der Waals surface area contributed by atoms with Crippen LogP contribution in [0.1, 0.15) is 35.3 Å². The molecule has 2 aromatic carbocycles. The Kier molecular flexibility index (Phi) is 6.35. The van der Waals surface area contributed by atoms with Crippen LogP contribution in [-0.4, -0.2) is 15.6 Å². The van der Waals surface area contributed by atoms with E-state index in [1.165, 1.54) is 22.9 Å². The summed E-state index contributed by atoms with van der Waals surface area (Å²) in [6.07, 6.45) is 0. The minimum Gasteiger partial charge on any atom is -0.305 e. The zero-order chi connectivity index (χ0) is 24.2. The predicted molar refractivity (Wildman–Crippen MR) is 132 cm³/mol. The second-order valence-corrected chi connectivity index (χ2v) is 8.33. The third-order valence-corrected chi connectivity index (χ3v) is 6.15. The van der Waals surface area contributed by atoms with Crippen LogP contribution in [0.5, 0.6) is 0 Å². The molecule has 0 amide bonds. The van der Waals surface area contributed by atoms with Crippen LogP contribution in [-0.2, 0) is 6.54 Å². The average Bonchev–Trinajstić information content (AvgIpc) is 3.40. The van der Waals surface area contributed by atoms with Gasteiger partial charge < -0.3 is 4.90 Å². The minimum atomic E-state index is -0.415. The zero-order valence-electron chi connectivity index (χ0n) is 18.5. The van der Waals surface area contributed by atoms with Gasteiger partial charge in [-0.3, -0.25) is 9.59 Å². The molecule has 0 saturated carbocycles. The molecule has 0 aliphatic heterocycles. The lowest BCUT2D eigenvalue weighted by Gasteiger charge is -2.27. The number of nitriles is 2. The number of carbonyl (C=O) groups excluding carboxylic acids is 1. The smallest absolute Gasteiger partial charge is 0.291 e. The lowest BCUT2D eigenvalue weighted by molar-refractivity contribution is 0.101. The summed E-state index contributed by atoms with van der Waals surface area (Å²) < 4.78 is 1.34. The van der Waals surface area contributed by atoms with Crippen molar-refractivity contribution in [1.82, 2.24) is 9.78 Å². The monoisotopic (exact) mass is 465 g/mol. The molecule has 2 aromatic heterocycles. The Balaban J connectivity index is 2.10. The molecule has 4 aromatic rings. The first-order valence-electron chi connectivity index (χ1n) is 10.5. The Morgan fingerprint density at radius 2 is 1.56 bits per heavy atom. The van der Waals surface area contributed by atoms with E-state index < -0.39 is 5.56 Å². The van der Waals surface area contributed by atoms with E-state index in [0.717, 1.165) is 4.88 Å². The molecule has 166 valence electrons. The highest BCUT2D eigenvalue weighted by atomic mass is 32.1. The lowest BCUT2D eigenvalue weighted by Crippen LogP contribution is -2.31. The van der Waals surface area contributed by atoms with E-state index in [1.54, 1.807) is 53.4 Å². The predicted octanol–water partition coefficient (Wildman–Crippen LogP) is 5.41. The van der Waals surface area contributed by atoms with Crippen molar-refractivity contribution in [1.29, 1.82) is 10.5 Å². The topological polar surface area (TPSA) is 103 Å². The summed E-state index contributed by atoms with van der Waals surface area (Å²) in [6.45, 7) is 3.55. The molecule has 0 spiro atoms. The van der Waals surface area contributed by atoms with Gasteiger partial charge >= 0.3 is 0 Å². The van der Waals surface area contributed by atoms with Crippen LogP contribution in [0, 0.1) is 22.7 Å². The minimum absolute atomic E-state index is 0.169. The molecule has 8 heteroatoms. The van der Waals surface area contributed by atoms with E-state index in [9.17, 15) is 20.1 Å². The number of aryl methyl sites for hydroxylation is 1. The summed E-state index contributed by atoms with van der Waals surface area (Å²) in [5.41, 5.74) is 2.52. The number of aromatic nitrogens is 2. The molecule has 0 saturated heterocycles. The van der Waals surface area contributed by atoms with Gasteiger partial charge in [-0.05, 0) is 73.8 Å². The number of benzene rings is 2. The molecule has 0 bridgehead atoms. The third kappa shape index (κ3) is 4.11. The van der Waals surface area contributed by atoms with Gasteiger partial charge in [0.25, 0.3) is 5.56 Å². The summed E-state index contributed by atoms with van der Waals surface area (Å²) in [4.78, 5) is 29.2. The normalized spacial score (nSPS) is 10.4.